The average Bonchev–Trinajstić information content (AvgIpc) is 2.35. The minimum Gasteiger partial charge on any atom is -0.444 e. The number of ether oxygens (including phenoxy) is 1. The largest absolute Gasteiger partial charge is 0.444 e. The van der Waals surface area contributed by atoms with Crippen LogP contribution in [0.5, 0.6) is 0 Å². The number of hydrogen-bond acceptors (Lipinski definition) is 4. The summed E-state index contributed by atoms with van der Waals surface area (Å²) in [7, 11) is 1.75. The third-order valence-electron chi connectivity index (χ3n) is 3.62. The quantitative estimate of drug-likeness (QED) is 0.901. The second-order valence-corrected chi connectivity index (χ2v) is 7.16. The Labute approximate surface area is 140 Å². The molecule has 1 heterocycles. The molecule has 5 heteroatoms. The lowest BCUT2D eigenvalue weighted by atomic mass is 10.0. The summed E-state index contributed by atoms with van der Waals surface area (Å²) in [5.41, 5.74) is 4.11. The van der Waals surface area contributed by atoms with E-state index in [-0.39, 0.29) is 12.1 Å². The second-order valence-electron chi connectivity index (χ2n) is 7.16. The van der Waals surface area contributed by atoms with Crippen molar-refractivity contribution >= 4 is 6.09 Å². The summed E-state index contributed by atoms with van der Waals surface area (Å²) in [6.45, 7) is 15.2. The molecule has 0 aromatic carbocycles. The second kappa shape index (κ2) is 7.77. The summed E-state index contributed by atoms with van der Waals surface area (Å²) in [5, 5.41) is 3.46. The Balaban J connectivity index is 2.54. The molecule has 1 amide bonds. The Bertz CT molecular complexity index is 527. The van der Waals surface area contributed by atoms with Gasteiger partial charge in [0.1, 0.15) is 5.60 Å². The number of carbonyl (C=O) groups is 1. The van der Waals surface area contributed by atoms with E-state index in [1.54, 1.807) is 11.9 Å². The Morgan fingerprint density at radius 1 is 1.35 bits per heavy atom. The molecule has 1 rings (SSSR count). The van der Waals surface area contributed by atoms with Crippen LogP contribution in [-0.4, -0.2) is 41.7 Å². The fraction of sp³-hybridized carbons (Fsp3) is 0.667. The van der Waals surface area contributed by atoms with E-state index in [0.717, 1.165) is 11.4 Å². The lowest BCUT2D eigenvalue weighted by molar-refractivity contribution is 0.0299. The molecule has 130 valence electrons. The van der Waals surface area contributed by atoms with Gasteiger partial charge in [-0.25, -0.2) is 4.79 Å². The summed E-state index contributed by atoms with van der Waals surface area (Å²) < 4.78 is 5.34. The van der Waals surface area contributed by atoms with Gasteiger partial charge in [-0.05, 0) is 65.7 Å². The van der Waals surface area contributed by atoms with Gasteiger partial charge in [-0.1, -0.05) is 0 Å². The third kappa shape index (κ3) is 6.18. The van der Waals surface area contributed by atoms with E-state index in [0.29, 0.717) is 13.1 Å². The Morgan fingerprint density at radius 2 is 1.96 bits per heavy atom. The molecule has 0 bridgehead atoms. The topological polar surface area (TPSA) is 54.5 Å². The van der Waals surface area contributed by atoms with Crippen molar-refractivity contribution in [1.29, 1.82) is 0 Å². The van der Waals surface area contributed by atoms with Crippen LogP contribution in [0.25, 0.3) is 0 Å². The van der Waals surface area contributed by atoms with Crippen molar-refractivity contribution in [1.82, 2.24) is 15.2 Å². The molecule has 0 spiro atoms. The molecule has 0 saturated heterocycles. The first-order valence-electron chi connectivity index (χ1n) is 8.13. The molecule has 1 aromatic rings. The number of hydrogen-bond donors (Lipinski definition) is 1. The highest BCUT2D eigenvalue weighted by Gasteiger charge is 2.19. The average molecular weight is 321 g/mol. The number of nitrogens with one attached hydrogen (secondary N) is 1. The van der Waals surface area contributed by atoms with E-state index in [9.17, 15) is 4.79 Å². The van der Waals surface area contributed by atoms with Crippen LogP contribution in [0.3, 0.4) is 0 Å². The van der Waals surface area contributed by atoms with Crippen LogP contribution >= 0.6 is 0 Å². The summed E-state index contributed by atoms with van der Waals surface area (Å²) in [6, 6.07) is 2.29. The van der Waals surface area contributed by atoms with Crippen molar-refractivity contribution in [3.63, 3.8) is 0 Å². The lowest BCUT2D eigenvalue weighted by Crippen LogP contribution is -2.38. The van der Waals surface area contributed by atoms with Gasteiger partial charge in [0.25, 0.3) is 0 Å². The minimum absolute atomic E-state index is 0.190. The van der Waals surface area contributed by atoms with E-state index in [2.05, 4.69) is 30.2 Å². The Morgan fingerprint density at radius 3 is 2.48 bits per heavy atom. The van der Waals surface area contributed by atoms with E-state index in [4.69, 9.17) is 4.74 Å². The summed E-state index contributed by atoms with van der Waals surface area (Å²) in [4.78, 5) is 18.1. The molecule has 0 saturated carbocycles. The van der Waals surface area contributed by atoms with Crippen LogP contribution in [0.2, 0.25) is 0 Å². The molecule has 0 aliphatic heterocycles. The molecule has 5 nitrogen and oxygen atoms in total. The molecule has 1 atom stereocenters. The van der Waals surface area contributed by atoms with Crippen molar-refractivity contribution in [3.8, 4) is 0 Å². The Kier molecular flexibility index (Phi) is 6.57. The van der Waals surface area contributed by atoms with E-state index in [1.165, 1.54) is 11.1 Å². The van der Waals surface area contributed by atoms with Gasteiger partial charge in [-0.2, -0.15) is 0 Å². The monoisotopic (exact) mass is 321 g/mol. The van der Waals surface area contributed by atoms with Crippen LogP contribution in [0.1, 0.15) is 56.3 Å². The normalized spacial score (nSPS) is 12.9. The molecule has 1 N–H and O–H groups in total. The summed E-state index contributed by atoms with van der Waals surface area (Å²) in [6.07, 6.45) is -0.295. The van der Waals surface area contributed by atoms with Crippen molar-refractivity contribution in [2.75, 3.05) is 20.1 Å². The highest BCUT2D eigenvalue weighted by molar-refractivity contribution is 5.67. The van der Waals surface area contributed by atoms with Crippen LogP contribution in [0, 0.1) is 20.8 Å². The van der Waals surface area contributed by atoms with Gasteiger partial charge in [0.2, 0.25) is 0 Å². The van der Waals surface area contributed by atoms with Crippen LogP contribution in [0.4, 0.5) is 4.79 Å². The SMILES string of the molecule is Cc1cc(C)c(C(C)NCCN(C)C(=O)OC(C)(C)C)c(C)n1. The van der Waals surface area contributed by atoms with Gasteiger partial charge in [0.15, 0.2) is 0 Å². The van der Waals surface area contributed by atoms with Gasteiger partial charge in [0.05, 0.1) is 0 Å². The lowest BCUT2D eigenvalue weighted by Gasteiger charge is -2.25. The van der Waals surface area contributed by atoms with E-state index in [1.807, 2.05) is 34.6 Å². The highest BCUT2D eigenvalue weighted by Crippen LogP contribution is 2.21. The fourth-order valence-electron chi connectivity index (χ4n) is 2.67. The molecule has 0 radical (unpaired) electrons. The fourth-order valence-corrected chi connectivity index (χ4v) is 2.67. The zero-order valence-corrected chi connectivity index (χ0v) is 15.8. The first-order valence-corrected chi connectivity index (χ1v) is 8.13. The zero-order chi connectivity index (χ0) is 17.8. The molecule has 0 aliphatic rings. The third-order valence-corrected chi connectivity index (χ3v) is 3.62. The smallest absolute Gasteiger partial charge is 0.410 e. The number of amides is 1. The maximum Gasteiger partial charge on any atom is 0.410 e. The molecule has 23 heavy (non-hydrogen) atoms. The predicted molar refractivity (Wildman–Crippen MR) is 93.7 cm³/mol. The van der Waals surface area contributed by atoms with E-state index >= 15 is 0 Å². The standard InChI is InChI=1S/C18H31N3O2/c1-12-11-13(2)20-15(4)16(12)14(3)19-9-10-21(8)17(22)23-18(5,6)7/h11,14,19H,9-10H2,1-8H3. The van der Waals surface area contributed by atoms with Gasteiger partial charge in [0, 0.05) is 37.6 Å². The minimum atomic E-state index is -0.464. The van der Waals surface area contributed by atoms with Crippen LogP contribution < -0.4 is 5.32 Å². The van der Waals surface area contributed by atoms with Crippen molar-refractivity contribution in [2.45, 2.75) is 60.1 Å². The zero-order valence-electron chi connectivity index (χ0n) is 15.8. The first-order chi connectivity index (χ1) is 10.5. The predicted octanol–water partition coefficient (Wildman–Crippen LogP) is 3.52. The molecule has 1 aromatic heterocycles. The number of aromatic nitrogens is 1. The van der Waals surface area contributed by atoms with Crippen LogP contribution in [0.15, 0.2) is 6.07 Å². The number of pyridine rings is 1. The van der Waals surface area contributed by atoms with Crippen molar-refractivity contribution in [2.24, 2.45) is 0 Å². The van der Waals surface area contributed by atoms with Gasteiger partial charge >= 0.3 is 6.09 Å². The molecular weight excluding hydrogens is 290 g/mol. The maximum atomic E-state index is 11.9. The van der Waals surface area contributed by atoms with Gasteiger partial charge < -0.3 is 15.0 Å². The number of rotatable bonds is 5. The summed E-state index contributed by atoms with van der Waals surface area (Å²) >= 11 is 0. The van der Waals surface area contributed by atoms with E-state index < -0.39 is 5.60 Å². The Hall–Kier alpha value is -1.62. The number of aryl methyl sites for hydroxylation is 3. The summed E-state index contributed by atoms with van der Waals surface area (Å²) in [5.74, 6) is 0. The molecule has 1 unspecified atom stereocenters. The van der Waals surface area contributed by atoms with Crippen LogP contribution in [-0.2, 0) is 4.74 Å². The molecule has 0 aliphatic carbocycles. The molecular formula is C18H31N3O2. The number of likely N-dealkylation sites (N-methyl/N-ethyl adjacent to an activating group) is 1. The maximum absolute atomic E-state index is 11.9. The molecule has 0 fully saturated rings. The number of nitrogens with zero attached hydrogens (tertiary/aromatic N) is 2. The van der Waals surface area contributed by atoms with Crippen molar-refractivity contribution < 1.29 is 9.53 Å². The van der Waals surface area contributed by atoms with Gasteiger partial charge in [-0.3, -0.25) is 4.98 Å². The first kappa shape index (κ1) is 19.4. The number of carbonyl (C=O) groups excluding carboxylic acids is 1. The van der Waals surface area contributed by atoms with Gasteiger partial charge in [-0.15, -0.1) is 0 Å². The highest BCUT2D eigenvalue weighted by atomic mass is 16.6. The van der Waals surface area contributed by atoms with Crippen molar-refractivity contribution in [3.05, 3.63) is 28.6 Å².